The number of carbonyl (C=O) groups is 2. The molecule has 0 bridgehead atoms. The molecule has 1 aromatic heterocycles. The molecule has 0 saturated carbocycles. The summed E-state index contributed by atoms with van der Waals surface area (Å²) in [7, 11) is 0. The highest BCUT2D eigenvalue weighted by Crippen LogP contribution is 2.47. The molecule has 1 N–H and O–H groups in total. The first-order valence-electron chi connectivity index (χ1n) is 12.8. The molecule has 4 aromatic carbocycles. The maximum Gasteiger partial charge on any atom is 0.259 e. The van der Waals surface area contributed by atoms with E-state index >= 15 is 0 Å². The first kappa shape index (κ1) is 22.3. The van der Waals surface area contributed by atoms with Gasteiger partial charge >= 0.3 is 0 Å². The molecular weight excluding hydrogens is 474 g/mol. The Bertz CT molecular complexity index is 1840. The van der Waals surface area contributed by atoms with Gasteiger partial charge in [-0.15, -0.1) is 0 Å². The lowest BCUT2D eigenvalue weighted by molar-refractivity contribution is 0.0880. The Morgan fingerprint density at radius 3 is 2.53 bits per heavy atom. The number of aryl methyl sites for hydroxylation is 2. The van der Waals surface area contributed by atoms with Crippen molar-refractivity contribution in [1.82, 2.24) is 9.88 Å². The summed E-state index contributed by atoms with van der Waals surface area (Å²) in [5.41, 5.74) is 7.62. The van der Waals surface area contributed by atoms with Gasteiger partial charge in [-0.1, -0.05) is 48.5 Å². The van der Waals surface area contributed by atoms with E-state index in [9.17, 15) is 9.59 Å². The quantitative estimate of drug-likeness (QED) is 0.172. The lowest BCUT2D eigenvalue weighted by Gasteiger charge is -2.24. The summed E-state index contributed by atoms with van der Waals surface area (Å²) in [4.78, 5) is 30.0. The fraction of sp³-hybridized carbons (Fsp3) is 0.156. The molecule has 2 amide bonds. The molecule has 0 radical (unpaired) electrons. The summed E-state index contributed by atoms with van der Waals surface area (Å²) in [5, 5.41) is 4.13. The van der Waals surface area contributed by atoms with Crippen molar-refractivity contribution in [2.75, 3.05) is 6.61 Å². The lowest BCUT2D eigenvalue weighted by atomic mass is 9.80. The second-order valence-corrected chi connectivity index (χ2v) is 9.75. The van der Waals surface area contributed by atoms with E-state index in [0.717, 1.165) is 57.1 Å². The first-order chi connectivity index (χ1) is 18.7. The number of para-hydroxylation sites is 1. The molecule has 6 nitrogen and oxygen atoms in total. The molecule has 6 heteroatoms. The van der Waals surface area contributed by atoms with Gasteiger partial charge in [-0.3, -0.25) is 14.9 Å². The van der Waals surface area contributed by atoms with Crippen LogP contribution in [0.25, 0.3) is 37.8 Å². The van der Waals surface area contributed by atoms with Gasteiger partial charge in [0.05, 0.1) is 29.8 Å². The molecular formula is C32H23N3O3. The van der Waals surface area contributed by atoms with Crippen LogP contribution in [-0.2, 0) is 19.4 Å². The van der Waals surface area contributed by atoms with Gasteiger partial charge in [0.15, 0.2) is 5.69 Å². The second-order valence-electron chi connectivity index (χ2n) is 9.75. The zero-order valence-electron chi connectivity index (χ0n) is 20.6. The monoisotopic (exact) mass is 497 g/mol. The van der Waals surface area contributed by atoms with Crippen LogP contribution in [0.15, 0.2) is 72.8 Å². The van der Waals surface area contributed by atoms with Crippen LogP contribution in [0.3, 0.4) is 0 Å². The third-order valence-corrected chi connectivity index (χ3v) is 7.67. The Hall–Kier alpha value is -4.89. The fourth-order valence-corrected chi connectivity index (χ4v) is 6.12. The number of carbonyl (C=O) groups excluding carboxylic acids is 2. The number of amides is 2. The fourth-order valence-electron chi connectivity index (χ4n) is 6.12. The van der Waals surface area contributed by atoms with Crippen LogP contribution >= 0.6 is 0 Å². The van der Waals surface area contributed by atoms with E-state index < -0.39 is 0 Å². The van der Waals surface area contributed by atoms with Crippen LogP contribution in [-0.4, -0.2) is 23.0 Å². The zero-order valence-corrected chi connectivity index (χ0v) is 20.6. The molecule has 2 heterocycles. The Morgan fingerprint density at radius 1 is 0.895 bits per heavy atom. The van der Waals surface area contributed by atoms with Crippen molar-refractivity contribution in [2.45, 2.75) is 25.8 Å². The highest BCUT2D eigenvalue weighted by molar-refractivity contribution is 6.33. The van der Waals surface area contributed by atoms with E-state index in [-0.39, 0.29) is 11.8 Å². The topological polar surface area (TPSA) is 64.7 Å². The predicted octanol–water partition coefficient (Wildman–Crippen LogP) is 6.46. The smallest absolute Gasteiger partial charge is 0.259 e. The molecule has 1 aliphatic carbocycles. The Balaban J connectivity index is 1.50. The van der Waals surface area contributed by atoms with E-state index in [4.69, 9.17) is 11.3 Å². The average molecular weight is 498 g/mol. The van der Waals surface area contributed by atoms with Gasteiger partial charge < -0.3 is 9.30 Å². The SMILES string of the molecule is [C-]#[N+]c1ccc2c(c1)c1c3c(c4c(c1n2CCCOc1ccccc1)-c1ccccc1CC4)C(=O)NC3=O. The molecule has 0 unspecified atom stereocenters. The highest BCUT2D eigenvalue weighted by Gasteiger charge is 2.38. The van der Waals surface area contributed by atoms with Crippen molar-refractivity contribution in [3.05, 3.63) is 106 Å². The minimum absolute atomic E-state index is 0.332. The number of imide groups is 1. The molecule has 2 aliphatic rings. The Morgan fingerprint density at radius 2 is 1.68 bits per heavy atom. The summed E-state index contributed by atoms with van der Waals surface area (Å²) < 4.78 is 8.23. The molecule has 0 atom stereocenters. The van der Waals surface area contributed by atoms with Gasteiger partial charge in [0.25, 0.3) is 11.8 Å². The van der Waals surface area contributed by atoms with Crippen molar-refractivity contribution >= 4 is 39.3 Å². The first-order valence-corrected chi connectivity index (χ1v) is 12.8. The van der Waals surface area contributed by atoms with Crippen LogP contribution in [0.4, 0.5) is 5.69 Å². The van der Waals surface area contributed by atoms with Crippen molar-refractivity contribution in [3.8, 4) is 16.9 Å². The molecule has 0 spiro atoms. The van der Waals surface area contributed by atoms with Crippen molar-refractivity contribution in [1.29, 1.82) is 0 Å². The minimum atomic E-state index is -0.365. The third-order valence-electron chi connectivity index (χ3n) is 7.67. The Kier molecular flexibility index (Phi) is 5.05. The van der Waals surface area contributed by atoms with Crippen LogP contribution in [0.5, 0.6) is 5.75 Å². The van der Waals surface area contributed by atoms with Gasteiger partial charge in [0, 0.05) is 23.0 Å². The molecule has 1 aliphatic heterocycles. The number of nitrogens with one attached hydrogen (secondary N) is 1. The maximum atomic E-state index is 13.2. The third kappa shape index (κ3) is 3.25. The number of benzene rings is 4. The summed E-state index contributed by atoms with van der Waals surface area (Å²) in [6.07, 6.45) is 2.25. The van der Waals surface area contributed by atoms with Gasteiger partial charge in [0.1, 0.15) is 5.75 Å². The number of fused-ring (bicyclic) bond motifs is 10. The predicted molar refractivity (Wildman–Crippen MR) is 147 cm³/mol. The molecule has 7 rings (SSSR count). The molecule has 184 valence electrons. The zero-order chi connectivity index (χ0) is 25.8. The Labute approximate surface area is 219 Å². The van der Waals surface area contributed by atoms with Gasteiger partial charge in [0.2, 0.25) is 0 Å². The van der Waals surface area contributed by atoms with Crippen LogP contribution in [0.1, 0.15) is 38.3 Å². The summed E-state index contributed by atoms with van der Waals surface area (Å²) in [6, 6.07) is 23.7. The normalized spacial score (nSPS) is 13.7. The van der Waals surface area contributed by atoms with Gasteiger partial charge in [-0.25, -0.2) is 4.85 Å². The molecule has 0 fully saturated rings. The van der Waals surface area contributed by atoms with Crippen LogP contribution in [0.2, 0.25) is 0 Å². The van der Waals surface area contributed by atoms with Crippen LogP contribution < -0.4 is 10.1 Å². The van der Waals surface area contributed by atoms with Crippen molar-refractivity contribution in [3.63, 3.8) is 0 Å². The highest BCUT2D eigenvalue weighted by atomic mass is 16.5. The summed E-state index contributed by atoms with van der Waals surface area (Å²) in [5.74, 6) is 0.132. The number of hydrogen-bond donors (Lipinski definition) is 1. The van der Waals surface area contributed by atoms with Crippen molar-refractivity contribution < 1.29 is 14.3 Å². The minimum Gasteiger partial charge on any atom is -0.494 e. The maximum absolute atomic E-state index is 13.2. The molecule has 38 heavy (non-hydrogen) atoms. The lowest BCUT2D eigenvalue weighted by Crippen LogP contribution is -2.20. The second kappa shape index (κ2) is 8.60. The largest absolute Gasteiger partial charge is 0.494 e. The molecule has 0 saturated heterocycles. The van der Waals surface area contributed by atoms with Crippen molar-refractivity contribution in [2.24, 2.45) is 0 Å². The number of nitrogens with zero attached hydrogens (tertiary/aromatic N) is 2. The van der Waals surface area contributed by atoms with E-state index in [0.29, 0.717) is 36.4 Å². The van der Waals surface area contributed by atoms with Gasteiger partial charge in [-0.05, 0) is 65.6 Å². The van der Waals surface area contributed by atoms with Gasteiger partial charge in [-0.2, -0.15) is 0 Å². The standard InChI is InChI=1S/C32H23N3O3/c1-33-20-13-15-25-24(18-20)27-29-28(31(36)34-32(29)37)23-14-12-19-8-5-6-11-22(19)26(23)30(27)35(25)16-7-17-38-21-9-3-2-4-10-21/h2-6,8-11,13,15,18H,7,12,14,16-17H2,(H,34,36,37). The van der Waals surface area contributed by atoms with E-state index in [1.165, 1.54) is 5.56 Å². The summed E-state index contributed by atoms with van der Waals surface area (Å²) in [6.45, 7) is 8.79. The van der Waals surface area contributed by atoms with Crippen LogP contribution in [0, 0.1) is 6.57 Å². The number of rotatable bonds is 5. The molecule has 5 aromatic rings. The average Bonchev–Trinajstić information content (AvgIpc) is 3.43. The van der Waals surface area contributed by atoms with E-state index in [1.54, 1.807) is 0 Å². The van der Waals surface area contributed by atoms with E-state index in [1.807, 2.05) is 60.7 Å². The summed E-state index contributed by atoms with van der Waals surface area (Å²) >= 11 is 0. The van der Waals surface area contributed by atoms with E-state index in [2.05, 4.69) is 26.9 Å². The number of ether oxygens (including phenoxy) is 1. The number of hydrogen-bond acceptors (Lipinski definition) is 3. The number of aromatic nitrogens is 1.